The molecule has 1 aromatic rings. The molecule has 0 fully saturated rings. The van der Waals surface area contributed by atoms with Crippen molar-refractivity contribution in [2.75, 3.05) is 6.61 Å². The first-order chi connectivity index (χ1) is 7.09. The van der Waals surface area contributed by atoms with Crippen LogP contribution in [0.3, 0.4) is 0 Å². The van der Waals surface area contributed by atoms with E-state index >= 15 is 0 Å². The minimum absolute atomic E-state index is 0.365. The second-order valence-corrected chi connectivity index (χ2v) is 3.77. The van der Waals surface area contributed by atoms with Crippen LogP contribution in [0.4, 0.5) is 8.78 Å². The molecular weight excluding hydrogens is 200 g/mol. The average molecular weight is 215 g/mol. The van der Waals surface area contributed by atoms with E-state index in [-0.39, 0.29) is 0 Å². The Morgan fingerprint density at radius 3 is 2.60 bits per heavy atom. The van der Waals surface area contributed by atoms with Gasteiger partial charge in [0.1, 0.15) is 0 Å². The summed E-state index contributed by atoms with van der Waals surface area (Å²) < 4.78 is 25.3. The highest BCUT2D eigenvalue weighted by Crippen LogP contribution is 2.08. The summed E-state index contributed by atoms with van der Waals surface area (Å²) in [7, 11) is 0. The number of nitrogens with one attached hydrogen (secondary N) is 1. The van der Waals surface area contributed by atoms with Crippen molar-refractivity contribution >= 4 is 0 Å². The monoisotopic (exact) mass is 215 g/mol. The van der Waals surface area contributed by atoms with Crippen molar-refractivity contribution in [3.05, 3.63) is 35.4 Å². The van der Waals surface area contributed by atoms with Crippen LogP contribution >= 0.6 is 0 Å². The SMILES string of the molecule is CC(C)CONCc1ccc(F)c(F)c1. The Bertz CT molecular complexity index is 315. The summed E-state index contributed by atoms with van der Waals surface area (Å²) in [6.07, 6.45) is 0. The third-order valence-electron chi connectivity index (χ3n) is 1.78. The van der Waals surface area contributed by atoms with Gasteiger partial charge in [-0.2, -0.15) is 5.48 Å². The van der Waals surface area contributed by atoms with Crippen molar-refractivity contribution in [3.63, 3.8) is 0 Å². The van der Waals surface area contributed by atoms with E-state index in [1.165, 1.54) is 6.07 Å². The van der Waals surface area contributed by atoms with E-state index in [1.807, 2.05) is 13.8 Å². The molecule has 0 saturated heterocycles. The maximum atomic E-state index is 12.8. The predicted molar refractivity (Wildman–Crippen MR) is 54.0 cm³/mol. The second-order valence-electron chi connectivity index (χ2n) is 3.77. The number of rotatable bonds is 5. The van der Waals surface area contributed by atoms with Crippen LogP contribution in [0, 0.1) is 17.6 Å². The van der Waals surface area contributed by atoms with Crippen molar-refractivity contribution in [3.8, 4) is 0 Å². The van der Waals surface area contributed by atoms with Crippen LogP contribution in [-0.4, -0.2) is 6.61 Å². The molecule has 0 bridgehead atoms. The Hall–Kier alpha value is -1.00. The fourth-order valence-corrected chi connectivity index (χ4v) is 1.01. The molecule has 0 aliphatic heterocycles. The summed E-state index contributed by atoms with van der Waals surface area (Å²) in [4.78, 5) is 5.10. The van der Waals surface area contributed by atoms with Crippen LogP contribution in [0.1, 0.15) is 19.4 Å². The molecule has 0 unspecified atom stereocenters. The maximum Gasteiger partial charge on any atom is 0.159 e. The lowest BCUT2D eigenvalue weighted by molar-refractivity contribution is 0.0196. The van der Waals surface area contributed by atoms with Gasteiger partial charge in [0, 0.05) is 6.54 Å². The highest BCUT2D eigenvalue weighted by atomic mass is 19.2. The number of benzene rings is 1. The molecule has 1 rings (SSSR count). The zero-order chi connectivity index (χ0) is 11.3. The number of hydrogen-bond acceptors (Lipinski definition) is 2. The van der Waals surface area contributed by atoms with Crippen LogP contribution < -0.4 is 5.48 Å². The molecule has 0 spiro atoms. The van der Waals surface area contributed by atoms with Gasteiger partial charge in [-0.25, -0.2) is 8.78 Å². The smallest absolute Gasteiger partial charge is 0.159 e. The first-order valence-electron chi connectivity index (χ1n) is 4.88. The predicted octanol–water partition coefficient (Wildman–Crippen LogP) is 2.64. The van der Waals surface area contributed by atoms with Crippen molar-refractivity contribution in [1.82, 2.24) is 5.48 Å². The molecule has 0 aromatic heterocycles. The topological polar surface area (TPSA) is 21.3 Å². The summed E-state index contributed by atoms with van der Waals surface area (Å²) in [6, 6.07) is 3.78. The third kappa shape index (κ3) is 4.36. The van der Waals surface area contributed by atoms with E-state index in [4.69, 9.17) is 4.84 Å². The van der Waals surface area contributed by atoms with E-state index in [2.05, 4.69) is 5.48 Å². The molecule has 4 heteroatoms. The van der Waals surface area contributed by atoms with E-state index < -0.39 is 11.6 Å². The first-order valence-corrected chi connectivity index (χ1v) is 4.88. The van der Waals surface area contributed by atoms with Crippen LogP contribution in [0.5, 0.6) is 0 Å². The summed E-state index contributed by atoms with van der Waals surface area (Å²) in [6.45, 7) is 5.01. The summed E-state index contributed by atoms with van der Waals surface area (Å²) in [5.41, 5.74) is 3.34. The number of halogens is 2. The Morgan fingerprint density at radius 1 is 1.27 bits per heavy atom. The van der Waals surface area contributed by atoms with Crippen LogP contribution in [0.2, 0.25) is 0 Å². The minimum atomic E-state index is -0.835. The van der Waals surface area contributed by atoms with Crippen molar-refractivity contribution in [2.24, 2.45) is 5.92 Å². The molecule has 0 saturated carbocycles. The molecule has 1 N–H and O–H groups in total. The van der Waals surface area contributed by atoms with E-state index in [1.54, 1.807) is 0 Å². The molecular formula is C11H15F2NO. The fraction of sp³-hybridized carbons (Fsp3) is 0.455. The van der Waals surface area contributed by atoms with Crippen molar-refractivity contribution in [1.29, 1.82) is 0 Å². The quantitative estimate of drug-likeness (QED) is 0.602. The van der Waals surface area contributed by atoms with E-state index in [0.717, 1.165) is 12.1 Å². The van der Waals surface area contributed by atoms with Gasteiger partial charge in [0.25, 0.3) is 0 Å². The van der Waals surface area contributed by atoms with E-state index in [9.17, 15) is 8.78 Å². The lowest BCUT2D eigenvalue weighted by Gasteiger charge is -2.08. The van der Waals surface area contributed by atoms with Gasteiger partial charge >= 0.3 is 0 Å². The molecule has 0 heterocycles. The molecule has 15 heavy (non-hydrogen) atoms. The molecule has 2 nitrogen and oxygen atoms in total. The number of hydroxylamine groups is 1. The second kappa shape index (κ2) is 5.78. The largest absolute Gasteiger partial charge is 0.301 e. The molecule has 1 aromatic carbocycles. The van der Waals surface area contributed by atoms with Crippen molar-refractivity contribution < 1.29 is 13.6 Å². The molecule has 84 valence electrons. The normalized spacial score (nSPS) is 11.0. The molecule has 0 atom stereocenters. The lowest BCUT2D eigenvalue weighted by Crippen LogP contribution is -2.17. The van der Waals surface area contributed by atoms with Gasteiger partial charge in [-0.05, 0) is 23.6 Å². The molecule has 0 aliphatic rings. The van der Waals surface area contributed by atoms with Gasteiger partial charge in [-0.3, -0.25) is 0 Å². The Morgan fingerprint density at radius 2 is 2.00 bits per heavy atom. The minimum Gasteiger partial charge on any atom is -0.301 e. The molecule has 0 amide bonds. The van der Waals surface area contributed by atoms with Gasteiger partial charge in [0.2, 0.25) is 0 Å². The molecule has 0 aliphatic carbocycles. The van der Waals surface area contributed by atoms with Crippen molar-refractivity contribution in [2.45, 2.75) is 20.4 Å². The summed E-state index contributed by atoms with van der Waals surface area (Å²) in [5, 5.41) is 0. The van der Waals surface area contributed by atoms with Gasteiger partial charge in [0.05, 0.1) is 6.61 Å². The summed E-state index contributed by atoms with van der Waals surface area (Å²) in [5.74, 6) is -1.23. The van der Waals surface area contributed by atoms with Crippen LogP contribution in [0.15, 0.2) is 18.2 Å². The Balaban J connectivity index is 2.35. The lowest BCUT2D eigenvalue weighted by atomic mass is 10.2. The summed E-state index contributed by atoms with van der Waals surface area (Å²) >= 11 is 0. The average Bonchev–Trinajstić information content (AvgIpc) is 2.18. The zero-order valence-electron chi connectivity index (χ0n) is 8.89. The van der Waals surface area contributed by atoms with Crippen LogP contribution in [-0.2, 0) is 11.4 Å². The highest BCUT2D eigenvalue weighted by molar-refractivity contribution is 5.17. The zero-order valence-corrected chi connectivity index (χ0v) is 8.89. The standard InChI is InChI=1S/C11H15F2NO/c1-8(2)7-15-14-6-9-3-4-10(12)11(13)5-9/h3-5,8,14H,6-7H2,1-2H3. The highest BCUT2D eigenvalue weighted by Gasteiger charge is 2.02. The van der Waals surface area contributed by atoms with Gasteiger partial charge in [-0.15, -0.1) is 0 Å². The van der Waals surface area contributed by atoms with E-state index in [0.29, 0.717) is 24.6 Å². The Labute approximate surface area is 88.2 Å². The Kier molecular flexibility index (Phi) is 4.65. The fourth-order valence-electron chi connectivity index (χ4n) is 1.01. The molecule has 0 radical (unpaired) electrons. The van der Waals surface area contributed by atoms with Crippen LogP contribution in [0.25, 0.3) is 0 Å². The van der Waals surface area contributed by atoms with Gasteiger partial charge in [0.15, 0.2) is 11.6 Å². The van der Waals surface area contributed by atoms with Gasteiger partial charge < -0.3 is 4.84 Å². The van der Waals surface area contributed by atoms with Gasteiger partial charge in [-0.1, -0.05) is 19.9 Å². The maximum absolute atomic E-state index is 12.8. The third-order valence-corrected chi connectivity index (χ3v) is 1.78. The first kappa shape index (κ1) is 12.1. The number of hydrogen-bond donors (Lipinski definition) is 1.